The predicted molar refractivity (Wildman–Crippen MR) is 505 cm³/mol. The molecule has 0 bridgehead atoms. The minimum Gasteiger partial charge on any atom is -0.406 e. The van der Waals surface area contributed by atoms with E-state index in [4.69, 9.17) is 4.43 Å². The summed E-state index contributed by atoms with van der Waals surface area (Å²) in [7, 11) is -3.03. The number of hydrogen-bond donors (Lipinski definition) is 16. The molecule has 6 aromatic carbocycles. The topological polar surface area (TPSA) is 422 Å². The number of rotatable bonds is 46. The van der Waals surface area contributed by atoms with E-state index in [-0.39, 0.29) is 80.9 Å². The molecular weight excluding hydrogens is 1650 g/mol. The number of aromatic amines is 4. The Morgan fingerprint density at radius 2 is 0.581 bits per heavy atom. The van der Waals surface area contributed by atoms with Crippen LogP contribution in [0.5, 0.6) is 0 Å². The van der Waals surface area contributed by atoms with Crippen LogP contribution in [0, 0.1) is 35.5 Å². The third kappa shape index (κ3) is 25.8. The molecule has 4 heterocycles. The molecule has 0 saturated carbocycles. The van der Waals surface area contributed by atoms with Crippen LogP contribution in [0.2, 0.25) is 5.04 Å². The van der Waals surface area contributed by atoms with Crippen molar-refractivity contribution in [3.8, 4) is 0 Å². The number of H-pyrrole nitrogens is 4. The third-order valence-corrected chi connectivity index (χ3v) is 28.6. The average molecular weight is 1780 g/mol. The highest BCUT2D eigenvalue weighted by atomic mass is 28.4. The van der Waals surface area contributed by atoms with Gasteiger partial charge in [0.1, 0.15) is 66.5 Å². The van der Waals surface area contributed by atoms with Crippen molar-refractivity contribution in [1.29, 1.82) is 0 Å². The van der Waals surface area contributed by atoms with Gasteiger partial charge < -0.3 is 88.2 Å². The summed E-state index contributed by atoms with van der Waals surface area (Å²) >= 11 is 0. The number of amides is 12. The summed E-state index contributed by atoms with van der Waals surface area (Å²) in [6, 6.07) is 36.2. The van der Waals surface area contributed by atoms with E-state index in [0.717, 1.165) is 59.5 Å². The lowest BCUT2D eigenvalue weighted by atomic mass is 9.97. The number of benzene rings is 6. The van der Waals surface area contributed by atoms with Crippen molar-refractivity contribution in [3.63, 3.8) is 0 Å². The van der Waals surface area contributed by atoms with Crippen molar-refractivity contribution in [2.24, 2.45) is 35.5 Å². The van der Waals surface area contributed by atoms with Crippen LogP contribution in [-0.2, 0) is 87.6 Å². The Bertz CT molecular complexity index is 5480. The molecule has 10 aromatic rings. The lowest BCUT2D eigenvalue weighted by Crippen LogP contribution is -2.67. The van der Waals surface area contributed by atoms with E-state index in [1.165, 1.54) is 6.92 Å². The number of aromatic nitrogens is 4. The first-order chi connectivity index (χ1) is 61.4. The molecule has 10 rings (SSSR count). The molecule has 0 aliphatic rings. The van der Waals surface area contributed by atoms with Crippen LogP contribution in [0.3, 0.4) is 0 Å². The van der Waals surface area contributed by atoms with Crippen molar-refractivity contribution in [2.75, 3.05) is 13.2 Å². The highest BCUT2D eigenvalue weighted by Crippen LogP contribution is 2.37. The molecule has 0 radical (unpaired) electrons. The summed E-state index contributed by atoms with van der Waals surface area (Å²) in [6.45, 7) is 29.7. The van der Waals surface area contributed by atoms with E-state index in [1.807, 2.05) is 181 Å². The number of hydrogen-bond acceptors (Lipinski definition) is 13. The Morgan fingerprint density at radius 1 is 0.326 bits per heavy atom. The molecule has 12 amide bonds. The normalized spacial score (nSPS) is 14.5. The van der Waals surface area contributed by atoms with E-state index in [0.29, 0.717) is 23.1 Å². The molecule has 688 valence electrons. The van der Waals surface area contributed by atoms with Gasteiger partial charge in [-0.15, -0.1) is 0 Å². The molecule has 0 aliphatic heterocycles. The summed E-state index contributed by atoms with van der Waals surface area (Å²) in [6.07, 6.45) is 7.25. The second-order valence-electron chi connectivity index (χ2n) is 37.1. The lowest BCUT2D eigenvalue weighted by Gasteiger charge is -2.43. The second kappa shape index (κ2) is 45.3. The number of carbonyl (C=O) groups excluding carboxylic acids is 12. The van der Waals surface area contributed by atoms with Gasteiger partial charge in [0.05, 0.1) is 6.61 Å². The maximum Gasteiger partial charge on any atom is 0.261 e. The van der Waals surface area contributed by atoms with Crippen molar-refractivity contribution >= 4 is 134 Å². The quantitative estimate of drug-likeness (QED) is 0.00965. The van der Waals surface area contributed by atoms with Gasteiger partial charge in [0, 0.05) is 101 Å². The monoisotopic (exact) mass is 1780 g/mol. The standard InChI is InChI=1S/C99H130N16O13Si/c1-57(2)45-78(90(119)109-81(48-64-52-101-74-39-27-23-35-70(64)74)89(118)100-43-44-128-129(99(14,15)16,68-31-19-17-20-32-68)69-33-21-18-22-34-69)106-93(122)82(49-65-53-102-75-40-28-24-36-71(65)75)110-91(120)79(46-58(3)4)107-94(123)83(50-66-54-103-76-41-29-25-37-72(66)76)111-92(121)80(47-59(5)6)108-95(124)84(51-67-55-104-77-42-30-26-38-73(67)77)112-96(125)85(60(7)8)114-98(127)87(62(11)12)115-97(126)86(61(9)10)113-88(117)63(13)105-56-116/h17-42,52-63,78-87,101-104H,43-51H2,1-16H3,(H,100,118)(H,105,116)(H,106,122)(H,107,123)(H,108,124)(H,109,119)(H,110,120)(H,111,121)(H,112,125)(H,113,117)(H,114,127)(H,115,126)/t63-,78-,79-,80-,81-,82-,83-,84-,85-,86-,87-/m0/s1. The Balaban J connectivity index is 0.907. The summed E-state index contributed by atoms with van der Waals surface area (Å²) in [5.41, 5.74) is 5.73. The molecule has 129 heavy (non-hydrogen) atoms. The van der Waals surface area contributed by atoms with Gasteiger partial charge in [0.25, 0.3) is 8.32 Å². The Labute approximate surface area is 756 Å². The van der Waals surface area contributed by atoms with Crippen molar-refractivity contribution in [1.82, 2.24) is 83.7 Å². The maximum absolute atomic E-state index is 15.7. The smallest absolute Gasteiger partial charge is 0.261 e. The fourth-order valence-corrected chi connectivity index (χ4v) is 21.3. The molecule has 0 aliphatic carbocycles. The Kier molecular flexibility index (Phi) is 34.6. The first-order valence-electron chi connectivity index (χ1n) is 44.9. The van der Waals surface area contributed by atoms with E-state index in [1.54, 1.807) is 60.1 Å². The number of carbonyl (C=O) groups is 12. The number of fused-ring (bicyclic) bond motifs is 4. The zero-order valence-corrected chi connectivity index (χ0v) is 77.9. The first-order valence-corrected chi connectivity index (χ1v) is 46.8. The van der Waals surface area contributed by atoms with Gasteiger partial charge in [-0.05, 0) is 124 Å². The fourth-order valence-electron chi connectivity index (χ4n) is 16.7. The SMILES string of the molecule is CC(C)C[C@H](NC(=O)[C@H](Cc1c[nH]c2ccccc12)NC(=O)[C@H](CC(C)C)NC(=O)[C@H](Cc1c[nH]c2ccccc12)NC(=O)[C@H](CC(C)C)NC(=O)[C@H](Cc1c[nH]c2ccccc12)NC(=O)[C@@H](NC(=O)[C@@H](NC(=O)[C@@H](NC(=O)[C@H](C)NC=O)C(C)C)C(C)C)C(C)C)C(=O)N[C@@H](Cc1c[nH]c2ccccc12)C(=O)NCCO[Si](c1ccccc1)(c1ccccc1)C(C)(C)C. The van der Waals surface area contributed by atoms with E-state index in [2.05, 4.69) is 129 Å². The average Bonchev–Trinajstić information content (AvgIpc) is 1.20. The summed E-state index contributed by atoms with van der Waals surface area (Å²) in [5, 5.41) is 39.4. The van der Waals surface area contributed by atoms with Crippen LogP contribution < -0.4 is 74.2 Å². The molecule has 0 saturated heterocycles. The molecule has 4 aromatic heterocycles. The summed E-state index contributed by atoms with van der Waals surface area (Å²) in [5.74, 6) is -10.1. The van der Waals surface area contributed by atoms with Crippen LogP contribution in [0.4, 0.5) is 0 Å². The minimum absolute atomic E-state index is 0.0236. The summed E-state index contributed by atoms with van der Waals surface area (Å²) in [4.78, 5) is 189. The van der Waals surface area contributed by atoms with Gasteiger partial charge in [-0.1, -0.05) is 237 Å². The van der Waals surface area contributed by atoms with Crippen LogP contribution in [0.15, 0.2) is 183 Å². The largest absolute Gasteiger partial charge is 0.406 e. The predicted octanol–water partition coefficient (Wildman–Crippen LogP) is 8.66. The van der Waals surface area contributed by atoms with E-state index in [9.17, 15) is 24.0 Å². The molecule has 11 atom stereocenters. The summed E-state index contributed by atoms with van der Waals surface area (Å²) < 4.78 is 7.16. The second-order valence-corrected chi connectivity index (χ2v) is 41.4. The van der Waals surface area contributed by atoms with Crippen molar-refractivity contribution in [2.45, 2.75) is 227 Å². The van der Waals surface area contributed by atoms with E-state index >= 15 is 33.6 Å². The molecule has 0 unspecified atom stereocenters. The van der Waals surface area contributed by atoms with Gasteiger partial charge in [0.2, 0.25) is 71.4 Å². The van der Waals surface area contributed by atoms with Gasteiger partial charge in [-0.25, -0.2) is 0 Å². The molecular formula is C99H130N16O13Si. The molecule has 0 spiro atoms. The zero-order valence-electron chi connectivity index (χ0n) is 76.9. The Morgan fingerprint density at radius 3 is 0.868 bits per heavy atom. The first kappa shape index (κ1) is 98.5. The van der Waals surface area contributed by atoms with Crippen LogP contribution in [0.1, 0.15) is 152 Å². The fraction of sp³-hybridized carbons (Fsp3) is 0.434. The lowest BCUT2D eigenvalue weighted by molar-refractivity contribution is -0.137. The van der Waals surface area contributed by atoms with Crippen LogP contribution >= 0.6 is 0 Å². The number of nitrogens with one attached hydrogen (secondary N) is 16. The van der Waals surface area contributed by atoms with Crippen LogP contribution in [-0.4, -0.2) is 179 Å². The minimum atomic E-state index is -3.03. The highest BCUT2D eigenvalue weighted by Gasteiger charge is 2.50. The number of para-hydroxylation sites is 4. The van der Waals surface area contributed by atoms with Gasteiger partial charge in [0.15, 0.2) is 0 Å². The Hall–Kier alpha value is -12.7. The third-order valence-electron chi connectivity index (χ3n) is 23.5. The molecule has 30 heteroatoms. The van der Waals surface area contributed by atoms with Crippen LogP contribution in [0.25, 0.3) is 43.6 Å². The molecule has 16 N–H and O–H groups in total. The molecule has 0 fully saturated rings. The highest BCUT2D eigenvalue weighted by molar-refractivity contribution is 6.99. The zero-order chi connectivity index (χ0) is 93.6. The van der Waals surface area contributed by atoms with Gasteiger partial charge in [-0.3, -0.25) is 57.5 Å². The van der Waals surface area contributed by atoms with Crippen molar-refractivity contribution in [3.05, 3.63) is 205 Å². The van der Waals surface area contributed by atoms with E-state index < -0.39 is 158 Å². The molecule has 29 nitrogen and oxygen atoms in total. The maximum atomic E-state index is 15.7. The van der Waals surface area contributed by atoms with Crippen molar-refractivity contribution < 1.29 is 62.0 Å². The van der Waals surface area contributed by atoms with Gasteiger partial charge >= 0.3 is 0 Å². The van der Waals surface area contributed by atoms with Gasteiger partial charge in [-0.2, -0.15) is 0 Å².